The Hall–Kier alpha value is -3.86. The van der Waals surface area contributed by atoms with Crippen LogP contribution in [0.5, 0.6) is 0 Å². The Morgan fingerprint density at radius 2 is 1.48 bits per heavy atom. The molecule has 0 aliphatic carbocycles. The zero-order valence-corrected chi connectivity index (χ0v) is 15.8. The van der Waals surface area contributed by atoms with Gasteiger partial charge in [0.2, 0.25) is 0 Å². The first kappa shape index (κ1) is 19.9. The van der Waals surface area contributed by atoms with Gasteiger partial charge in [-0.05, 0) is 48.4 Å². The maximum atomic E-state index is 12.7. The minimum Gasteiger partial charge on any atom is -0.478 e. The molecule has 146 valence electrons. The van der Waals surface area contributed by atoms with Gasteiger partial charge in [0.15, 0.2) is 0 Å². The van der Waals surface area contributed by atoms with Gasteiger partial charge in [-0.25, -0.2) is 14.5 Å². The summed E-state index contributed by atoms with van der Waals surface area (Å²) in [6.07, 6.45) is 3.72. The summed E-state index contributed by atoms with van der Waals surface area (Å²) in [5, 5.41) is 9.03. The number of hydrogen-bond donors (Lipinski definition) is 1. The maximum Gasteiger partial charge on any atom is 0.418 e. The van der Waals surface area contributed by atoms with Crippen LogP contribution in [0.3, 0.4) is 0 Å². The topological polar surface area (TPSA) is 66.8 Å². The fraction of sp³-hybridized carbons (Fsp3) is 0.0833. The molecule has 1 amide bonds. The molecule has 0 saturated heterocycles. The second kappa shape index (κ2) is 9.90. The van der Waals surface area contributed by atoms with Gasteiger partial charge in [0.1, 0.15) is 0 Å². The van der Waals surface area contributed by atoms with Crippen molar-refractivity contribution in [3.8, 4) is 0 Å². The Morgan fingerprint density at radius 3 is 2.07 bits per heavy atom. The molecule has 0 atom stereocenters. The van der Waals surface area contributed by atoms with Gasteiger partial charge in [-0.2, -0.15) is 0 Å². The van der Waals surface area contributed by atoms with Crippen LogP contribution in [0.4, 0.5) is 16.2 Å². The van der Waals surface area contributed by atoms with E-state index in [1.807, 2.05) is 78.9 Å². The van der Waals surface area contributed by atoms with Crippen molar-refractivity contribution in [1.29, 1.82) is 0 Å². The quantitative estimate of drug-likeness (QED) is 0.523. The van der Waals surface area contributed by atoms with Crippen LogP contribution in [0.2, 0.25) is 0 Å². The highest BCUT2D eigenvalue weighted by Gasteiger charge is 2.18. The predicted octanol–water partition coefficient (Wildman–Crippen LogP) is 5.76. The van der Waals surface area contributed by atoms with Crippen LogP contribution in [0.15, 0.2) is 91.0 Å². The number of carboxylic acid groups (broad SMARTS) is 1. The lowest BCUT2D eigenvalue weighted by Gasteiger charge is -2.22. The Labute approximate surface area is 169 Å². The fourth-order valence-corrected chi connectivity index (χ4v) is 2.79. The van der Waals surface area contributed by atoms with E-state index < -0.39 is 12.1 Å². The molecule has 0 heterocycles. The molecular formula is C24H21NO4. The van der Waals surface area contributed by atoms with Gasteiger partial charge in [-0.15, -0.1) is 0 Å². The minimum atomic E-state index is -0.962. The zero-order valence-electron chi connectivity index (χ0n) is 15.8. The molecule has 5 heteroatoms. The summed E-state index contributed by atoms with van der Waals surface area (Å²) in [5.41, 5.74) is 2.47. The molecule has 3 aromatic carbocycles. The monoisotopic (exact) mass is 387 g/mol. The van der Waals surface area contributed by atoms with E-state index in [9.17, 15) is 9.59 Å². The van der Waals surface area contributed by atoms with Crippen LogP contribution in [0.1, 0.15) is 22.3 Å². The number of hydrogen-bond acceptors (Lipinski definition) is 3. The number of carbonyl (C=O) groups is 2. The molecule has 29 heavy (non-hydrogen) atoms. The van der Waals surface area contributed by atoms with Crippen molar-refractivity contribution in [2.45, 2.75) is 6.42 Å². The minimum absolute atomic E-state index is 0.212. The predicted molar refractivity (Wildman–Crippen MR) is 113 cm³/mol. The molecular weight excluding hydrogens is 366 g/mol. The number of nitrogens with zero attached hydrogens (tertiary/aromatic N) is 1. The van der Waals surface area contributed by atoms with Crippen molar-refractivity contribution in [1.82, 2.24) is 0 Å². The van der Waals surface area contributed by atoms with E-state index in [-0.39, 0.29) is 12.2 Å². The number of rotatable bonds is 7. The number of aromatic carboxylic acids is 1. The number of carboxylic acids is 1. The largest absolute Gasteiger partial charge is 0.478 e. The molecule has 3 aromatic rings. The number of para-hydroxylation sites is 2. The van der Waals surface area contributed by atoms with Gasteiger partial charge in [0.05, 0.1) is 23.5 Å². The van der Waals surface area contributed by atoms with Crippen LogP contribution in [-0.4, -0.2) is 23.8 Å². The van der Waals surface area contributed by atoms with Crippen LogP contribution < -0.4 is 4.90 Å². The highest BCUT2D eigenvalue weighted by Crippen LogP contribution is 2.25. The number of amides is 1. The second-order valence-electron chi connectivity index (χ2n) is 6.24. The van der Waals surface area contributed by atoms with Gasteiger partial charge >= 0.3 is 12.1 Å². The summed E-state index contributed by atoms with van der Waals surface area (Å²) in [5.74, 6) is -0.962. The lowest BCUT2D eigenvalue weighted by molar-refractivity contribution is 0.0696. The standard InChI is InChI=1S/C24H21NO4/c26-23(27)20-12-9-11-19(18-20)10-7-8-17-29-24(28)25(21-13-3-1-4-14-21)22-15-5-2-6-16-22/h1-7,9-16,18H,8,17H2,(H,26,27)/b10-7-. The van der Waals surface area contributed by atoms with E-state index in [2.05, 4.69) is 0 Å². The molecule has 0 aromatic heterocycles. The van der Waals surface area contributed by atoms with E-state index in [4.69, 9.17) is 9.84 Å². The van der Waals surface area contributed by atoms with Gasteiger partial charge in [-0.3, -0.25) is 0 Å². The number of carbonyl (C=O) groups excluding carboxylic acids is 1. The number of anilines is 2. The average molecular weight is 387 g/mol. The molecule has 0 unspecified atom stereocenters. The first-order valence-corrected chi connectivity index (χ1v) is 9.22. The van der Waals surface area contributed by atoms with E-state index in [0.29, 0.717) is 6.42 Å². The fourth-order valence-electron chi connectivity index (χ4n) is 2.79. The van der Waals surface area contributed by atoms with Gasteiger partial charge in [0.25, 0.3) is 0 Å². The van der Waals surface area contributed by atoms with Crippen LogP contribution in [0, 0.1) is 0 Å². The van der Waals surface area contributed by atoms with Crippen molar-refractivity contribution < 1.29 is 19.4 Å². The Balaban J connectivity index is 1.61. The summed E-state index contributed by atoms with van der Waals surface area (Å²) in [7, 11) is 0. The molecule has 0 bridgehead atoms. The highest BCUT2D eigenvalue weighted by atomic mass is 16.6. The molecule has 0 fully saturated rings. The molecule has 0 radical (unpaired) electrons. The molecule has 0 aliphatic rings. The average Bonchev–Trinajstić information content (AvgIpc) is 2.75. The first-order valence-electron chi connectivity index (χ1n) is 9.22. The van der Waals surface area contributed by atoms with Crippen LogP contribution in [0.25, 0.3) is 6.08 Å². The van der Waals surface area contributed by atoms with Gasteiger partial charge in [-0.1, -0.05) is 60.7 Å². The molecule has 3 rings (SSSR count). The SMILES string of the molecule is O=C(O)c1cccc(/C=C\CCOC(=O)N(c2ccccc2)c2ccccc2)c1. The summed E-state index contributed by atoms with van der Waals surface area (Å²) >= 11 is 0. The summed E-state index contributed by atoms with van der Waals surface area (Å²) in [4.78, 5) is 25.3. The van der Waals surface area contributed by atoms with Gasteiger partial charge in [0, 0.05) is 0 Å². The maximum absolute atomic E-state index is 12.7. The van der Waals surface area contributed by atoms with E-state index in [0.717, 1.165) is 16.9 Å². The lowest BCUT2D eigenvalue weighted by Crippen LogP contribution is -2.27. The van der Waals surface area contributed by atoms with E-state index in [1.165, 1.54) is 4.90 Å². The van der Waals surface area contributed by atoms with Gasteiger partial charge < -0.3 is 9.84 Å². The normalized spacial score (nSPS) is 10.6. The van der Waals surface area contributed by atoms with E-state index >= 15 is 0 Å². The lowest BCUT2D eigenvalue weighted by atomic mass is 10.1. The third-order valence-corrected chi connectivity index (χ3v) is 4.17. The number of ether oxygens (including phenoxy) is 1. The van der Waals surface area contributed by atoms with Crippen molar-refractivity contribution >= 4 is 29.5 Å². The van der Waals surface area contributed by atoms with Crippen molar-refractivity contribution in [2.75, 3.05) is 11.5 Å². The van der Waals surface area contributed by atoms with Crippen LogP contribution in [-0.2, 0) is 4.74 Å². The summed E-state index contributed by atoms with van der Waals surface area (Å²) in [6, 6.07) is 25.3. The molecule has 1 N–H and O–H groups in total. The zero-order chi connectivity index (χ0) is 20.5. The smallest absolute Gasteiger partial charge is 0.418 e. The molecule has 5 nitrogen and oxygen atoms in total. The molecule has 0 spiro atoms. The second-order valence-corrected chi connectivity index (χ2v) is 6.24. The van der Waals surface area contributed by atoms with Crippen molar-refractivity contribution in [3.63, 3.8) is 0 Å². The Kier molecular flexibility index (Phi) is 6.79. The molecule has 0 aliphatic heterocycles. The summed E-state index contributed by atoms with van der Waals surface area (Å²) in [6.45, 7) is 0.212. The Morgan fingerprint density at radius 1 is 0.862 bits per heavy atom. The highest BCUT2D eigenvalue weighted by molar-refractivity contribution is 5.95. The molecule has 0 saturated carbocycles. The van der Waals surface area contributed by atoms with Crippen LogP contribution >= 0.6 is 0 Å². The van der Waals surface area contributed by atoms with Crippen molar-refractivity contribution in [2.24, 2.45) is 0 Å². The number of benzene rings is 3. The van der Waals surface area contributed by atoms with Crippen molar-refractivity contribution in [3.05, 3.63) is 102 Å². The third-order valence-electron chi connectivity index (χ3n) is 4.17. The van der Waals surface area contributed by atoms with E-state index in [1.54, 1.807) is 18.2 Å². The Bertz CT molecular complexity index is 945. The summed E-state index contributed by atoms with van der Waals surface area (Å²) < 4.78 is 5.45. The first-order chi connectivity index (χ1) is 14.1. The third kappa shape index (κ3) is 5.56.